The molecule has 156 valence electrons. The second-order valence-corrected chi connectivity index (χ2v) is 8.84. The molecule has 9 heteroatoms. The van der Waals surface area contributed by atoms with Gasteiger partial charge in [0.25, 0.3) is 15.7 Å². The molecule has 2 aromatic carbocycles. The molecular weight excluding hydrogens is 394 g/mol. The first kappa shape index (κ1) is 21.1. The van der Waals surface area contributed by atoms with E-state index in [-0.39, 0.29) is 16.6 Å². The summed E-state index contributed by atoms with van der Waals surface area (Å²) in [6, 6.07) is 9.43. The molecule has 0 amide bonds. The average Bonchev–Trinajstić information content (AvgIpc) is 2.69. The molecule has 0 aromatic heterocycles. The van der Waals surface area contributed by atoms with Crippen molar-refractivity contribution in [1.82, 2.24) is 0 Å². The number of ether oxygens (including phenoxy) is 1. The Morgan fingerprint density at radius 2 is 2.00 bits per heavy atom. The summed E-state index contributed by atoms with van der Waals surface area (Å²) in [5.41, 5.74) is 2.42. The van der Waals surface area contributed by atoms with E-state index in [1.807, 2.05) is 24.8 Å². The largest absolute Gasteiger partial charge is 0.377 e. The van der Waals surface area contributed by atoms with Gasteiger partial charge in [-0.15, -0.1) is 0 Å². The maximum atomic E-state index is 12.9. The Morgan fingerprint density at radius 1 is 1.24 bits per heavy atom. The van der Waals surface area contributed by atoms with E-state index < -0.39 is 14.9 Å². The van der Waals surface area contributed by atoms with Crippen molar-refractivity contribution in [2.24, 2.45) is 0 Å². The molecule has 29 heavy (non-hydrogen) atoms. The van der Waals surface area contributed by atoms with Crippen LogP contribution in [0.3, 0.4) is 0 Å². The normalized spacial score (nSPS) is 17.2. The zero-order valence-electron chi connectivity index (χ0n) is 16.7. The van der Waals surface area contributed by atoms with Crippen LogP contribution in [0.25, 0.3) is 0 Å². The zero-order valence-corrected chi connectivity index (χ0v) is 17.5. The summed E-state index contributed by atoms with van der Waals surface area (Å²) in [5.74, 6) is 0. The topological polar surface area (TPSA) is 102 Å². The molecule has 0 bridgehead atoms. The molecule has 1 heterocycles. The first-order valence-electron chi connectivity index (χ1n) is 9.46. The van der Waals surface area contributed by atoms with Crippen molar-refractivity contribution in [3.8, 4) is 0 Å². The van der Waals surface area contributed by atoms with Gasteiger partial charge in [-0.05, 0) is 44.0 Å². The minimum atomic E-state index is -3.97. The van der Waals surface area contributed by atoms with Crippen LogP contribution >= 0.6 is 0 Å². The van der Waals surface area contributed by atoms with Gasteiger partial charge >= 0.3 is 0 Å². The fraction of sp³-hybridized carbons (Fsp3) is 0.400. The number of hydrogen-bond acceptors (Lipinski definition) is 6. The highest BCUT2D eigenvalue weighted by molar-refractivity contribution is 7.92. The van der Waals surface area contributed by atoms with E-state index in [1.54, 1.807) is 19.1 Å². The smallest absolute Gasteiger partial charge is 0.293 e. The van der Waals surface area contributed by atoms with Crippen molar-refractivity contribution in [3.05, 3.63) is 57.6 Å². The number of aryl methyl sites for hydroxylation is 2. The Hall–Kier alpha value is -2.65. The number of nitro benzene ring substituents is 1. The zero-order chi connectivity index (χ0) is 21.2. The van der Waals surface area contributed by atoms with E-state index in [2.05, 4.69) is 4.72 Å². The number of anilines is 2. The number of rotatable bonds is 6. The van der Waals surface area contributed by atoms with Gasteiger partial charge in [0.1, 0.15) is 5.69 Å². The van der Waals surface area contributed by atoms with E-state index in [0.29, 0.717) is 31.1 Å². The van der Waals surface area contributed by atoms with E-state index in [4.69, 9.17) is 4.74 Å². The summed E-state index contributed by atoms with van der Waals surface area (Å²) < 4.78 is 33.7. The third-order valence-electron chi connectivity index (χ3n) is 5.09. The number of nitrogens with one attached hydrogen (secondary N) is 1. The molecule has 1 saturated heterocycles. The minimum absolute atomic E-state index is 0.0123. The molecule has 1 atom stereocenters. The van der Waals surface area contributed by atoms with Gasteiger partial charge in [0.05, 0.1) is 34.8 Å². The van der Waals surface area contributed by atoms with Crippen LogP contribution in [0.2, 0.25) is 0 Å². The molecule has 0 radical (unpaired) electrons. The summed E-state index contributed by atoms with van der Waals surface area (Å²) in [4.78, 5) is 13.0. The lowest BCUT2D eigenvalue weighted by atomic mass is 10.1. The monoisotopic (exact) mass is 419 g/mol. The standard InChI is InChI=1S/C20H25N3O5S/c1-4-16-13-28-10-9-22(16)19-8-6-17(12-20(19)23(24)25)29(26,27)21-18-7-5-14(2)11-15(18)3/h5-8,11-12,16,21H,4,9-10,13H2,1-3H3. The van der Waals surface area contributed by atoms with Gasteiger partial charge in [-0.3, -0.25) is 14.8 Å². The predicted octanol–water partition coefficient (Wildman–Crippen LogP) is 3.63. The van der Waals surface area contributed by atoms with Crippen LogP contribution in [0.5, 0.6) is 0 Å². The molecule has 1 aliphatic rings. The van der Waals surface area contributed by atoms with Crippen LogP contribution < -0.4 is 9.62 Å². The third-order valence-corrected chi connectivity index (χ3v) is 6.45. The fourth-order valence-electron chi connectivity index (χ4n) is 3.50. The van der Waals surface area contributed by atoms with Crippen LogP contribution in [0.1, 0.15) is 24.5 Å². The van der Waals surface area contributed by atoms with Crippen molar-refractivity contribution in [2.45, 2.75) is 38.1 Å². The molecule has 1 aliphatic heterocycles. The summed E-state index contributed by atoms with van der Waals surface area (Å²) in [6.45, 7) is 7.20. The molecule has 3 rings (SSSR count). The molecule has 8 nitrogen and oxygen atoms in total. The van der Waals surface area contributed by atoms with Gasteiger partial charge in [0.15, 0.2) is 0 Å². The highest BCUT2D eigenvalue weighted by atomic mass is 32.2. The van der Waals surface area contributed by atoms with Crippen molar-refractivity contribution < 1.29 is 18.1 Å². The second kappa shape index (κ2) is 8.38. The van der Waals surface area contributed by atoms with E-state index in [1.165, 1.54) is 12.1 Å². The third kappa shape index (κ3) is 4.51. The van der Waals surface area contributed by atoms with Gasteiger partial charge < -0.3 is 9.64 Å². The van der Waals surface area contributed by atoms with Crippen LogP contribution in [-0.4, -0.2) is 39.1 Å². The van der Waals surface area contributed by atoms with E-state index in [9.17, 15) is 18.5 Å². The molecule has 0 aliphatic carbocycles. The van der Waals surface area contributed by atoms with E-state index >= 15 is 0 Å². The number of sulfonamides is 1. The quantitative estimate of drug-likeness (QED) is 0.567. The highest BCUT2D eigenvalue weighted by Gasteiger charge is 2.29. The lowest BCUT2D eigenvalue weighted by Crippen LogP contribution is -2.45. The molecular formula is C20H25N3O5S. The number of morpholine rings is 1. The first-order chi connectivity index (χ1) is 13.7. The lowest BCUT2D eigenvalue weighted by molar-refractivity contribution is -0.384. The molecule has 0 spiro atoms. The number of nitro groups is 1. The van der Waals surface area contributed by atoms with Gasteiger partial charge in [-0.2, -0.15) is 0 Å². The van der Waals surface area contributed by atoms with Crippen LogP contribution in [0, 0.1) is 24.0 Å². The van der Waals surface area contributed by atoms with Crippen LogP contribution in [-0.2, 0) is 14.8 Å². The Labute approximate surface area is 170 Å². The van der Waals surface area contributed by atoms with Gasteiger partial charge in [-0.25, -0.2) is 8.42 Å². The highest BCUT2D eigenvalue weighted by Crippen LogP contribution is 2.34. The number of benzene rings is 2. The molecule has 0 saturated carbocycles. The Kier molecular flexibility index (Phi) is 6.09. The predicted molar refractivity (Wildman–Crippen MR) is 112 cm³/mol. The Morgan fingerprint density at radius 3 is 2.66 bits per heavy atom. The van der Waals surface area contributed by atoms with Gasteiger partial charge in [0, 0.05) is 12.6 Å². The Bertz CT molecular complexity index is 1020. The maximum absolute atomic E-state index is 12.9. The number of hydrogen-bond donors (Lipinski definition) is 1. The van der Waals surface area contributed by atoms with Crippen LogP contribution in [0.15, 0.2) is 41.3 Å². The molecule has 2 aromatic rings. The molecule has 1 unspecified atom stereocenters. The Balaban J connectivity index is 1.98. The second-order valence-electron chi connectivity index (χ2n) is 7.16. The lowest BCUT2D eigenvalue weighted by Gasteiger charge is -2.36. The SMILES string of the molecule is CCC1COCCN1c1ccc(S(=O)(=O)Nc2ccc(C)cc2C)cc1[N+](=O)[O-]. The van der Waals surface area contributed by atoms with Gasteiger partial charge in [-0.1, -0.05) is 24.6 Å². The minimum Gasteiger partial charge on any atom is -0.377 e. The van der Waals surface area contributed by atoms with E-state index in [0.717, 1.165) is 23.6 Å². The average molecular weight is 420 g/mol. The summed E-state index contributed by atoms with van der Waals surface area (Å²) >= 11 is 0. The van der Waals surface area contributed by atoms with Gasteiger partial charge in [0.2, 0.25) is 0 Å². The summed E-state index contributed by atoms with van der Waals surface area (Å²) in [5, 5.41) is 11.7. The number of nitrogens with zero attached hydrogens (tertiary/aromatic N) is 2. The maximum Gasteiger partial charge on any atom is 0.293 e. The summed E-state index contributed by atoms with van der Waals surface area (Å²) in [6.07, 6.45) is 0.769. The first-order valence-corrected chi connectivity index (χ1v) is 10.9. The molecule has 1 N–H and O–H groups in total. The van der Waals surface area contributed by atoms with Crippen molar-refractivity contribution >= 4 is 27.1 Å². The van der Waals surface area contributed by atoms with Crippen LogP contribution in [0.4, 0.5) is 17.1 Å². The van der Waals surface area contributed by atoms with Crippen molar-refractivity contribution in [1.29, 1.82) is 0 Å². The molecule has 1 fully saturated rings. The fourth-order valence-corrected chi connectivity index (χ4v) is 4.65. The summed E-state index contributed by atoms with van der Waals surface area (Å²) in [7, 11) is -3.97. The van der Waals surface area contributed by atoms with Crippen molar-refractivity contribution in [2.75, 3.05) is 29.4 Å². The van der Waals surface area contributed by atoms with Crippen molar-refractivity contribution in [3.63, 3.8) is 0 Å².